The Bertz CT molecular complexity index is 539. The predicted molar refractivity (Wildman–Crippen MR) is 95.3 cm³/mol. The predicted octanol–water partition coefficient (Wildman–Crippen LogP) is 4.46. The van der Waals surface area contributed by atoms with E-state index in [1.165, 1.54) is 6.08 Å². The first kappa shape index (κ1) is 19.4. The Morgan fingerprint density at radius 1 is 1.30 bits per heavy atom. The standard InChI is InChI=1S/C18H26ClNO3/c1-5-10-23-18-15(19)11-13(12-16(18)22-4)8-9-17(21)20-14(6-2)7-3/h8-9,11-12,14H,5-7,10H2,1-4H3,(H,20,21)/b9-8+. The molecule has 0 unspecified atom stereocenters. The third-order valence-electron chi connectivity index (χ3n) is 3.46. The van der Waals surface area contributed by atoms with Gasteiger partial charge in [0.1, 0.15) is 0 Å². The highest BCUT2D eigenvalue weighted by atomic mass is 35.5. The smallest absolute Gasteiger partial charge is 0.244 e. The van der Waals surface area contributed by atoms with Crippen molar-refractivity contribution in [2.75, 3.05) is 13.7 Å². The fourth-order valence-electron chi connectivity index (χ4n) is 2.09. The van der Waals surface area contributed by atoms with E-state index in [0.717, 1.165) is 24.8 Å². The minimum absolute atomic E-state index is 0.111. The van der Waals surface area contributed by atoms with Gasteiger partial charge in [-0.2, -0.15) is 0 Å². The van der Waals surface area contributed by atoms with Crippen molar-refractivity contribution in [3.8, 4) is 11.5 Å². The monoisotopic (exact) mass is 339 g/mol. The molecule has 23 heavy (non-hydrogen) atoms. The molecule has 4 nitrogen and oxygen atoms in total. The lowest BCUT2D eigenvalue weighted by atomic mass is 10.1. The Labute approximate surface area is 143 Å². The summed E-state index contributed by atoms with van der Waals surface area (Å²) in [5.41, 5.74) is 0.787. The number of ether oxygens (including phenoxy) is 2. The van der Waals surface area contributed by atoms with E-state index in [0.29, 0.717) is 23.1 Å². The second kappa shape index (κ2) is 10.2. The number of rotatable bonds is 9. The highest BCUT2D eigenvalue weighted by molar-refractivity contribution is 6.32. The number of nitrogens with one attached hydrogen (secondary N) is 1. The van der Waals surface area contributed by atoms with Crippen LogP contribution in [0, 0.1) is 0 Å². The van der Waals surface area contributed by atoms with Crippen LogP contribution < -0.4 is 14.8 Å². The van der Waals surface area contributed by atoms with Crippen molar-refractivity contribution >= 4 is 23.6 Å². The van der Waals surface area contributed by atoms with E-state index in [1.54, 1.807) is 25.3 Å². The number of hydrogen-bond donors (Lipinski definition) is 1. The van der Waals surface area contributed by atoms with Gasteiger partial charge >= 0.3 is 0 Å². The van der Waals surface area contributed by atoms with Gasteiger partial charge in [-0.25, -0.2) is 0 Å². The van der Waals surface area contributed by atoms with E-state index in [9.17, 15) is 4.79 Å². The number of carbonyl (C=O) groups is 1. The van der Waals surface area contributed by atoms with Gasteiger partial charge in [0, 0.05) is 12.1 Å². The van der Waals surface area contributed by atoms with Crippen molar-refractivity contribution < 1.29 is 14.3 Å². The summed E-state index contributed by atoms with van der Waals surface area (Å²) in [6.45, 7) is 6.70. The fraction of sp³-hybridized carbons (Fsp3) is 0.500. The van der Waals surface area contributed by atoms with Crippen LogP contribution in [-0.2, 0) is 4.79 Å². The molecule has 0 aliphatic heterocycles. The van der Waals surface area contributed by atoms with Gasteiger partial charge in [0.2, 0.25) is 5.91 Å². The van der Waals surface area contributed by atoms with Gasteiger partial charge in [-0.15, -0.1) is 0 Å². The minimum Gasteiger partial charge on any atom is -0.493 e. The minimum atomic E-state index is -0.111. The van der Waals surface area contributed by atoms with E-state index >= 15 is 0 Å². The molecule has 0 bridgehead atoms. The van der Waals surface area contributed by atoms with Crippen molar-refractivity contribution in [2.45, 2.75) is 46.1 Å². The molecule has 0 saturated heterocycles. The zero-order valence-corrected chi connectivity index (χ0v) is 15.1. The maximum Gasteiger partial charge on any atom is 0.244 e. The summed E-state index contributed by atoms with van der Waals surface area (Å²) in [6, 6.07) is 3.77. The maximum atomic E-state index is 11.9. The zero-order chi connectivity index (χ0) is 17.2. The Morgan fingerprint density at radius 2 is 2.00 bits per heavy atom. The average Bonchev–Trinajstić information content (AvgIpc) is 2.56. The Kier molecular flexibility index (Phi) is 8.56. The van der Waals surface area contributed by atoms with E-state index < -0.39 is 0 Å². The first-order chi connectivity index (χ1) is 11.0. The summed E-state index contributed by atoms with van der Waals surface area (Å²) >= 11 is 6.25. The van der Waals surface area contributed by atoms with Gasteiger partial charge in [-0.1, -0.05) is 32.4 Å². The topological polar surface area (TPSA) is 47.6 Å². The lowest BCUT2D eigenvalue weighted by Gasteiger charge is -2.13. The molecule has 0 saturated carbocycles. The molecule has 5 heteroatoms. The lowest BCUT2D eigenvalue weighted by molar-refractivity contribution is -0.117. The Hall–Kier alpha value is -1.68. The summed E-state index contributed by atoms with van der Waals surface area (Å²) < 4.78 is 10.9. The summed E-state index contributed by atoms with van der Waals surface area (Å²) in [7, 11) is 1.57. The quantitative estimate of drug-likeness (QED) is 0.676. The van der Waals surface area contributed by atoms with E-state index in [4.69, 9.17) is 21.1 Å². The third kappa shape index (κ3) is 6.14. The van der Waals surface area contributed by atoms with Gasteiger partial charge < -0.3 is 14.8 Å². The van der Waals surface area contributed by atoms with Crippen LogP contribution in [0.25, 0.3) is 6.08 Å². The molecule has 0 fully saturated rings. The summed E-state index contributed by atoms with van der Waals surface area (Å²) in [5, 5.41) is 3.42. The molecule has 1 aromatic carbocycles. The molecule has 1 rings (SSSR count). The van der Waals surface area contributed by atoms with Crippen molar-refractivity contribution in [3.63, 3.8) is 0 Å². The zero-order valence-electron chi connectivity index (χ0n) is 14.3. The largest absolute Gasteiger partial charge is 0.493 e. The molecular formula is C18H26ClNO3. The van der Waals surface area contributed by atoms with E-state index in [2.05, 4.69) is 19.2 Å². The van der Waals surface area contributed by atoms with Crippen LogP contribution in [0.2, 0.25) is 5.02 Å². The van der Waals surface area contributed by atoms with Crippen LogP contribution in [0.3, 0.4) is 0 Å². The molecule has 0 aliphatic carbocycles. The van der Waals surface area contributed by atoms with E-state index in [-0.39, 0.29) is 11.9 Å². The number of methoxy groups -OCH3 is 1. The molecule has 0 aromatic heterocycles. The highest BCUT2D eigenvalue weighted by Gasteiger charge is 2.11. The highest BCUT2D eigenvalue weighted by Crippen LogP contribution is 2.36. The molecule has 0 heterocycles. The molecule has 128 valence electrons. The van der Waals surface area contributed by atoms with Crippen LogP contribution in [0.15, 0.2) is 18.2 Å². The van der Waals surface area contributed by atoms with Gasteiger partial charge in [0.15, 0.2) is 11.5 Å². The molecule has 0 aliphatic rings. The molecule has 0 atom stereocenters. The molecule has 0 radical (unpaired) electrons. The SMILES string of the molecule is CCCOc1c(Cl)cc(/C=C/C(=O)NC(CC)CC)cc1OC. The van der Waals surface area contributed by atoms with Crippen LogP contribution in [0.1, 0.15) is 45.6 Å². The van der Waals surface area contributed by atoms with Crippen molar-refractivity contribution in [1.29, 1.82) is 0 Å². The molecule has 1 N–H and O–H groups in total. The van der Waals surface area contributed by atoms with Crippen LogP contribution in [0.4, 0.5) is 0 Å². The fourth-order valence-corrected chi connectivity index (χ4v) is 2.37. The summed E-state index contributed by atoms with van der Waals surface area (Å²) in [5.74, 6) is 0.987. The third-order valence-corrected chi connectivity index (χ3v) is 3.74. The molecular weight excluding hydrogens is 314 g/mol. The number of benzene rings is 1. The van der Waals surface area contributed by atoms with Gasteiger partial charge in [-0.3, -0.25) is 4.79 Å². The maximum absolute atomic E-state index is 11.9. The van der Waals surface area contributed by atoms with Crippen molar-refractivity contribution in [2.24, 2.45) is 0 Å². The van der Waals surface area contributed by atoms with Crippen LogP contribution in [-0.4, -0.2) is 25.7 Å². The summed E-state index contributed by atoms with van der Waals surface area (Å²) in [6.07, 6.45) is 5.95. The first-order valence-corrected chi connectivity index (χ1v) is 8.42. The van der Waals surface area contributed by atoms with E-state index in [1.807, 2.05) is 6.92 Å². The van der Waals surface area contributed by atoms with Crippen molar-refractivity contribution in [3.05, 3.63) is 28.8 Å². The normalized spacial score (nSPS) is 11.0. The Morgan fingerprint density at radius 3 is 2.57 bits per heavy atom. The van der Waals surface area contributed by atoms with Crippen molar-refractivity contribution in [1.82, 2.24) is 5.32 Å². The number of amides is 1. The van der Waals surface area contributed by atoms with Gasteiger partial charge in [-0.05, 0) is 43.0 Å². The second-order valence-corrected chi connectivity index (χ2v) is 5.65. The lowest BCUT2D eigenvalue weighted by Crippen LogP contribution is -2.32. The van der Waals surface area contributed by atoms with Crippen LogP contribution >= 0.6 is 11.6 Å². The number of halogens is 1. The van der Waals surface area contributed by atoms with Gasteiger partial charge in [0.25, 0.3) is 0 Å². The van der Waals surface area contributed by atoms with Crippen LogP contribution in [0.5, 0.6) is 11.5 Å². The second-order valence-electron chi connectivity index (χ2n) is 5.24. The molecule has 1 aromatic rings. The summed E-state index contributed by atoms with van der Waals surface area (Å²) in [4.78, 5) is 11.9. The number of carbonyl (C=O) groups excluding carboxylic acids is 1. The Balaban J connectivity index is 2.86. The first-order valence-electron chi connectivity index (χ1n) is 8.04. The molecule has 0 spiro atoms. The van der Waals surface area contributed by atoms with Gasteiger partial charge in [0.05, 0.1) is 18.7 Å². The molecule has 1 amide bonds. The average molecular weight is 340 g/mol. The number of hydrogen-bond acceptors (Lipinski definition) is 3.